The smallest absolute Gasteiger partial charge is 0.0245 e. The highest BCUT2D eigenvalue weighted by Crippen LogP contribution is 2.25. The molecule has 0 bridgehead atoms. The first-order valence-electron chi connectivity index (χ1n) is 6.98. The summed E-state index contributed by atoms with van der Waals surface area (Å²) in [6.45, 7) is 6.73. The molecule has 1 aliphatic rings. The molecule has 0 saturated carbocycles. The van der Waals surface area contributed by atoms with E-state index in [2.05, 4.69) is 63.0 Å². The Bertz CT molecular complexity index is 411. The molecule has 1 unspecified atom stereocenters. The molecule has 2 rings (SSSR count). The normalized spacial score (nSPS) is 20.7. The summed E-state index contributed by atoms with van der Waals surface area (Å²) in [5, 5.41) is 4.01. The standard InChI is InChI=1S/C15H23BrN2S/c1-3-14-11-18(6-7-19-14)10-13-5-4-12(9-17-2)8-15(13)16/h4-5,8,14,17H,3,6-7,9-11H2,1-2H3. The van der Waals surface area contributed by atoms with Crippen LogP contribution in [0.25, 0.3) is 0 Å². The van der Waals surface area contributed by atoms with Crippen LogP contribution >= 0.6 is 27.7 Å². The Morgan fingerprint density at radius 1 is 1.47 bits per heavy atom. The molecule has 106 valence electrons. The predicted octanol–water partition coefficient (Wildman–Crippen LogP) is 3.50. The van der Waals surface area contributed by atoms with E-state index in [0.717, 1.165) is 18.3 Å². The van der Waals surface area contributed by atoms with Crippen LogP contribution in [0.3, 0.4) is 0 Å². The summed E-state index contributed by atoms with van der Waals surface area (Å²) < 4.78 is 1.24. The second kappa shape index (κ2) is 7.67. The number of benzene rings is 1. The van der Waals surface area contributed by atoms with Gasteiger partial charge in [-0.05, 0) is 30.7 Å². The Hall–Kier alpha value is -0.0300. The summed E-state index contributed by atoms with van der Waals surface area (Å²) in [4.78, 5) is 2.59. The molecule has 2 nitrogen and oxygen atoms in total. The Labute approximate surface area is 129 Å². The summed E-state index contributed by atoms with van der Waals surface area (Å²) in [5.74, 6) is 1.27. The number of nitrogens with zero attached hydrogens (tertiary/aromatic N) is 1. The van der Waals surface area contributed by atoms with E-state index < -0.39 is 0 Å². The van der Waals surface area contributed by atoms with Gasteiger partial charge in [0, 0.05) is 41.7 Å². The number of hydrogen-bond acceptors (Lipinski definition) is 3. The molecule has 1 fully saturated rings. The van der Waals surface area contributed by atoms with Crippen LogP contribution in [0.15, 0.2) is 22.7 Å². The van der Waals surface area contributed by atoms with Gasteiger partial charge in [-0.25, -0.2) is 0 Å². The highest BCUT2D eigenvalue weighted by atomic mass is 79.9. The van der Waals surface area contributed by atoms with Crippen molar-refractivity contribution in [3.63, 3.8) is 0 Å². The van der Waals surface area contributed by atoms with Crippen LogP contribution in [0.4, 0.5) is 0 Å². The van der Waals surface area contributed by atoms with Gasteiger partial charge in [0.25, 0.3) is 0 Å². The van der Waals surface area contributed by atoms with Crippen molar-refractivity contribution >= 4 is 27.7 Å². The number of hydrogen-bond donors (Lipinski definition) is 1. The second-order valence-electron chi connectivity index (χ2n) is 5.09. The molecule has 0 aliphatic carbocycles. The molecule has 0 amide bonds. The third-order valence-corrected chi connectivity index (χ3v) is 5.68. The fourth-order valence-electron chi connectivity index (χ4n) is 2.45. The van der Waals surface area contributed by atoms with Crippen LogP contribution in [-0.4, -0.2) is 36.0 Å². The van der Waals surface area contributed by atoms with E-state index in [9.17, 15) is 0 Å². The monoisotopic (exact) mass is 342 g/mol. The van der Waals surface area contributed by atoms with Crippen molar-refractivity contribution in [2.75, 3.05) is 25.9 Å². The van der Waals surface area contributed by atoms with Gasteiger partial charge in [0.15, 0.2) is 0 Å². The first-order valence-corrected chi connectivity index (χ1v) is 8.83. The number of halogens is 1. The summed E-state index contributed by atoms with van der Waals surface area (Å²) in [5.41, 5.74) is 2.74. The summed E-state index contributed by atoms with van der Waals surface area (Å²) in [7, 11) is 1.98. The first-order chi connectivity index (χ1) is 9.22. The zero-order chi connectivity index (χ0) is 13.7. The molecule has 1 heterocycles. The van der Waals surface area contributed by atoms with Crippen LogP contribution < -0.4 is 5.32 Å². The van der Waals surface area contributed by atoms with Gasteiger partial charge in [0.2, 0.25) is 0 Å². The third-order valence-electron chi connectivity index (χ3n) is 3.57. The van der Waals surface area contributed by atoms with Gasteiger partial charge in [0.05, 0.1) is 0 Å². The van der Waals surface area contributed by atoms with E-state index in [-0.39, 0.29) is 0 Å². The summed E-state index contributed by atoms with van der Waals surface area (Å²) in [6.07, 6.45) is 1.28. The molecule has 1 atom stereocenters. The molecule has 4 heteroatoms. The summed E-state index contributed by atoms with van der Waals surface area (Å²) in [6, 6.07) is 6.73. The Morgan fingerprint density at radius 2 is 2.32 bits per heavy atom. The van der Waals surface area contributed by atoms with Crippen LogP contribution in [0.1, 0.15) is 24.5 Å². The lowest BCUT2D eigenvalue weighted by Gasteiger charge is -2.32. The molecular weight excluding hydrogens is 320 g/mol. The average molecular weight is 343 g/mol. The Balaban J connectivity index is 1.98. The average Bonchev–Trinajstić information content (AvgIpc) is 2.42. The number of rotatable bonds is 5. The minimum atomic E-state index is 0.816. The maximum Gasteiger partial charge on any atom is 0.0245 e. The van der Waals surface area contributed by atoms with Crippen molar-refractivity contribution < 1.29 is 0 Å². The van der Waals surface area contributed by atoms with E-state index in [1.165, 1.54) is 40.9 Å². The second-order valence-corrected chi connectivity index (χ2v) is 7.35. The lowest BCUT2D eigenvalue weighted by atomic mass is 10.1. The fourth-order valence-corrected chi connectivity index (χ4v) is 4.25. The highest BCUT2D eigenvalue weighted by molar-refractivity contribution is 9.10. The van der Waals surface area contributed by atoms with Gasteiger partial charge in [0.1, 0.15) is 0 Å². The lowest BCUT2D eigenvalue weighted by molar-refractivity contribution is 0.272. The van der Waals surface area contributed by atoms with Crippen molar-refractivity contribution in [1.82, 2.24) is 10.2 Å². The van der Waals surface area contributed by atoms with Crippen LogP contribution in [-0.2, 0) is 13.1 Å². The zero-order valence-corrected chi connectivity index (χ0v) is 14.2. The first kappa shape index (κ1) is 15.4. The zero-order valence-electron chi connectivity index (χ0n) is 11.8. The molecule has 1 aromatic rings. The molecule has 1 saturated heterocycles. The SMILES string of the molecule is CCC1CN(Cc2ccc(CNC)cc2Br)CCS1. The van der Waals surface area contributed by atoms with Crippen LogP contribution in [0.2, 0.25) is 0 Å². The van der Waals surface area contributed by atoms with Crippen molar-refractivity contribution in [3.8, 4) is 0 Å². The largest absolute Gasteiger partial charge is 0.316 e. The van der Waals surface area contributed by atoms with E-state index in [4.69, 9.17) is 0 Å². The maximum absolute atomic E-state index is 3.72. The highest BCUT2D eigenvalue weighted by Gasteiger charge is 2.19. The van der Waals surface area contributed by atoms with E-state index in [1.54, 1.807) is 0 Å². The minimum absolute atomic E-state index is 0.816. The van der Waals surface area contributed by atoms with Gasteiger partial charge in [-0.1, -0.05) is 35.0 Å². The summed E-state index contributed by atoms with van der Waals surface area (Å²) >= 11 is 5.85. The van der Waals surface area contributed by atoms with E-state index in [1.807, 2.05) is 7.05 Å². The van der Waals surface area contributed by atoms with Gasteiger partial charge in [-0.15, -0.1) is 0 Å². The molecular formula is C15H23BrN2S. The molecule has 1 N–H and O–H groups in total. The van der Waals surface area contributed by atoms with Gasteiger partial charge < -0.3 is 5.32 Å². The predicted molar refractivity (Wildman–Crippen MR) is 88.7 cm³/mol. The van der Waals surface area contributed by atoms with Gasteiger partial charge in [-0.3, -0.25) is 4.90 Å². The Morgan fingerprint density at radius 3 is 3.00 bits per heavy atom. The minimum Gasteiger partial charge on any atom is -0.316 e. The van der Waals surface area contributed by atoms with Crippen LogP contribution in [0.5, 0.6) is 0 Å². The molecule has 1 aliphatic heterocycles. The fraction of sp³-hybridized carbons (Fsp3) is 0.600. The van der Waals surface area contributed by atoms with Gasteiger partial charge in [-0.2, -0.15) is 11.8 Å². The van der Waals surface area contributed by atoms with Crippen molar-refractivity contribution in [3.05, 3.63) is 33.8 Å². The van der Waals surface area contributed by atoms with Crippen molar-refractivity contribution in [1.29, 1.82) is 0 Å². The number of thioether (sulfide) groups is 1. The molecule has 1 aromatic carbocycles. The van der Waals surface area contributed by atoms with E-state index >= 15 is 0 Å². The van der Waals surface area contributed by atoms with Gasteiger partial charge >= 0.3 is 0 Å². The topological polar surface area (TPSA) is 15.3 Å². The Kier molecular flexibility index (Phi) is 6.20. The molecule has 19 heavy (non-hydrogen) atoms. The molecule has 0 aromatic heterocycles. The van der Waals surface area contributed by atoms with Crippen molar-refractivity contribution in [2.24, 2.45) is 0 Å². The van der Waals surface area contributed by atoms with Crippen molar-refractivity contribution in [2.45, 2.75) is 31.7 Å². The quantitative estimate of drug-likeness (QED) is 0.881. The number of nitrogens with one attached hydrogen (secondary N) is 1. The maximum atomic E-state index is 3.72. The van der Waals surface area contributed by atoms with Crippen LogP contribution in [0, 0.1) is 0 Å². The third kappa shape index (κ3) is 4.48. The molecule has 0 radical (unpaired) electrons. The van der Waals surface area contributed by atoms with E-state index in [0.29, 0.717) is 0 Å². The molecule has 0 spiro atoms. The lowest BCUT2D eigenvalue weighted by Crippen LogP contribution is -2.37.